The monoisotopic (exact) mass is 409 g/mol. The first kappa shape index (κ1) is 21.3. The van der Waals surface area contributed by atoms with Crippen LogP contribution >= 0.6 is 0 Å². The van der Waals surface area contributed by atoms with Crippen LogP contribution in [0, 0.1) is 60.7 Å². The number of nitrogens with zero attached hydrogens (tertiary/aromatic N) is 9. The molecular weight excluding hydrogens is 406 g/mol. The van der Waals surface area contributed by atoms with Crippen molar-refractivity contribution < 1.29 is 34.3 Å². The predicted molar refractivity (Wildman–Crippen MR) is 71.7 cm³/mol. The molecule has 0 radical (unpaired) electrons. The maximum atomic E-state index is 11.0. The lowest BCUT2D eigenvalue weighted by atomic mass is 10.3. The second-order valence-corrected chi connectivity index (χ2v) is 4.28. The SMILES string of the molecule is COc1nc(C([N+](=O)[O-])([N+](=O)[O-])[N+](=O)[O-])nc(C([N+](=O)[O-])([N+](=O)[O-])[N+](=O)[O-])n1. The number of nitro groups is 6. The van der Waals surface area contributed by atoms with Gasteiger partial charge in [0.2, 0.25) is 0 Å². The minimum atomic E-state index is -4.64. The molecule has 150 valence electrons. The Morgan fingerprint density at radius 3 is 1.04 bits per heavy atom. The Balaban J connectivity index is 4.16. The molecule has 0 atom stereocenters. The van der Waals surface area contributed by atoms with E-state index in [2.05, 4.69) is 19.7 Å². The van der Waals surface area contributed by atoms with Crippen LogP contribution < -0.4 is 4.74 Å². The zero-order chi connectivity index (χ0) is 22.0. The number of hydrogen-bond donors (Lipinski definition) is 0. The normalized spacial score (nSPS) is 11.3. The Hall–Kier alpha value is -4.79. The van der Waals surface area contributed by atoms with E-state index >= 15 is 0 Å². The lowest BCUT2D eigenvalue weighted by Gasteiger charge is -2.10. The van der Waals surface area contributed by atoms with Crippen molar-refractivity contribution in [2.24, 2.45) is 0 Å². The molecule has 0 saturated heterocycles. The van der Waals surface area contributed by atoms with Crippen molar-refractivity contribution in [3.8, 4) is 6.01 Å². The summed E-state index contributed by atoms with van der Waals surface area (Å²) in [6, 6.07) is -1.38. The van der Waals surface area contributed by atoms with E-state index in [-0.39, 0.29) is 0 Å². The highest BCUT2D eigenvalue weighted by Crippen LogP contribution is 2.29. The molecule has 1 aromatic heterocycles. The lowest BCUT2D eigenvalue weighted by molar-refractivity contribution is -0.989. The van der Waals surface area contributed by atoms with Crippen LogP contribution in [-0.2, 0) is 11.6 Å². The Kier molecular flexibility index (Phi) is 5.19. The van der Waals surface area contributed by atoms with Gasteiger partial charge in [0, 0.05) is 0 Å². The third-order valence-electron chi connectivity index (χ3n) is 2.92. The maximum absolute atomic E-state index is 11.0. The van der Waals surface area contributed by atoms with Gasteiger partial charge in [0.05, 0.1) is 7.11 Å². The molecule has 0 aliphatic carbocycles. The molecule has 1 aromatic rings. The summed E-state index contributed by atoms with van der Waals surface area (Å²) < 4.78 is 4.27. The van der Waals surface area contributed by atoms with Crippen molar-refractivity contribution in [3.63, 3.8) is 0 Å². The molecule has 0 bridgehead atoms. The van der Waals surface area contributed by atoms with Gasteiger partial charge < -0.3 is 4.74 Å². The summed E-state index contributed by atoms with van der Waals surface area (Å²) in [6.45, 7) is 0. The molecule has 0 spiro atoms. The van der Waals surface area contributed by atoms with Crippen molar-refractivity contribution in [2.45, 2.75) is 11.6 Å². The minimum absolute atomic E-state index is 0.640. The van der Waals surface area contributed by atoms with Gasteiger partial charge in [0.25, 0.3) is 0 Å². The Morgan fingerprint density at radius 1 is 0.607 bits per heavy atom. The first-order valence-electron chi connectivity index (χ1n) is 5.99. The molecule has 0 amide bonds. The molecule has 0 aliphatic heterocycles. The number of methoxy groups -OCH3 is 1. The van der Waals surface area contributed by atoms with Gasteiger partial charge in [-0.2, -0.15) is 15.0 Å². The fourth-order valence-electron chi connectivity index (χ4n) is 1.64. The van der Waals surface area contributed by atoms with Crippen LogP contribution in [0.1, 0.15) is 11.6 Å². The largest absolute Gasteiger partial charge is 0.763 e. The van der Waals surface area contributed by atoms with Gasteiger partial charge in [-0.25, -0.2) is 0 Å². The molecule has 1 rings (SSSR count). The van der Waals surface area contributed by atoms with Crippen molar-refractivity contribution in [1.29, 1.82) is 0 Å². The Morgan fingerprint density at radius 2 is 0.857 bits per heavy atom. The van der Waals surface area contributed by atoms with E-state index in [0.717, 1.165) is 0 Å². The molecule has 0 N–H and O–H groups in total. The van der Waals surface area contributed by atoms with Crippen LogP contribution in [-0.4, -0.2) is 51.6 Å². The number of rotatable bonds is 9. The molecular formula is C6H3N9O13. The minimum Gasteiger partial charge on any atom is -0.467 e. The van der Waals surface area contributed by atoms with Gasteiger partial charge in [-0.3, -0.25) is 60.7 Å². The second-order valence-electron chi connectivity index (χ2n) is 4.28. The van der Waals surface area contributed by atoms with Gasteiger partial charge >= 0.3 is 29.2 Å². The average molecular weight is 409 g/mol. The summed E-state index contributed by atoms with van der Waals surface area (Å²) in [5, 5.41) is 66.3. The standard InChI is InChI=1S/C6H3N9O13/c1-28-4-8-2(5(10(16)17,11(18)19)12(20)21)7-3(9-4)6(13(22)23,14(24)25)15(26)27/h1H3. The Bertz CT molecular complexity index is 771. The fourth-order valence-corrected chi connectivity index (χ4v) is 1.64. The molecule has 22 nitrogen and oxygen atoms in total. The molecule has 22 heteroatoms. The number of hydrogen-bond acceptors (Lipinski definition) is 16. The second kappa shape index (κ2) is 6.84. The fraction of sp³-hybridized carbons (Fsp3) is 0.500. The quantitative estimate of drug-likeness (QED) is 0.236. The van der Waals surface area contributed by atoms with E-state index in [1.54, 1.807) is 0 Å². The van der Waals surface area contributed by atoms with E-state index in [9.17, 15) is 60.7 Å². The summed E-state index contributed by atoms with van der Waals surface area (Å²) >= 11 is 0. The van der Waals surface area contributed by atoms with Crippen LogP contribution in [0.4, 0.5) is 0 Å². The van der Waals surface area contributed by atoms with Gasteiger partial charge in [-0.15, -0.1) is 0 Å². The molecule has 1 heterocycles. The van der Waals surface area contributed by atoms with E-state index in [1.807, 2.05) is 0 Å². The molecule has 0 unspecified atom stereocenters. The van der Waals surface area contributed by atoms with Crippen LogP contribution in [0.25, 0.3) is 0 Å². The van der Waals surface area contributed by atoms with Crippen molar-refractivity contribution >= 4 is 0 Å². The third kappa shape index (κ3) is 2.65. The average Bonchev–Trinajstić information content (AvgIpc) is 2.53. The van der Waals surface area contributed by atoms with Gasteiger partial charge in [0.1, 0.15) is 0 Å². The predicted octanol–water partition coefficient (Wildman–Crippen LogP) is -2.24. The molecule has 0 aromatic carbocycles. The highest BCUT2D eigenvalue weighted by molar-refractivity contribution is 5.06. The summed E-state index contributed by atoms with van der Waals surface area (Å²) in [6.07, 6.45) is 0. The van der Waals surface area contributed by atoms with Crippen LogP contribution in [0.5, 0.6) is 6.01 Å². The van der Waals surface area contributed by atoms with Crippen molar-refractivity contribution in [3.05, 3.63) is 72.3 Å². The third-order valence-corrected chi connectivity index (χ3v) is 2.92. The molecule has 28 heavy (non-hydrogen) atoms. The van der Waals surface area contributed by atoms with E-state index in [4.69, 9.17) is 0 Å². The topological polar surface area (TPSA) is 307 Å². The van der Waals surface area contributed by atoms with Crippen LogP contribution in [0.3, 0.4) is 0 Å². The summed E-state index contributed by atoms with van der Waals surface area (Å²) in [4.78, 5) is 61.7. The van der Waals surface area contributed by atoms with Crippen LogP contribution in [0.15, 0.2) is 0 Å². The highest BCUT2D eigenvalue weighted by Gasteiger charge is 2.80. The van der Waals surface area contributed by atoms with E-state index in [1.165, 1.54) is 0 Å². The zero-order valence-corrected chi connectivity index (χ0v) is 12.8. The number of ether oxygens (including phenoxy) is 1. The first-order valence-corrected chi connectivity index (χ1v) is 5.99. The number of aromatic nitrogens is 3. The summed E-state index contributed by atoms with van der Waals surface area (Å²) in [7, 11) is 0.640. The van der Waals surface area contributed by atoms with Gasteiger partial charge in [-0.1, -0.05) is 0 Å². The maximum Gasteiger partial charge on any atom is 0.763 e. The molecule has 0 aliphatic rings. The van der Waals surface area contributed by atoms with Gasteiger partial charge in [0.15, 0.2) is 29.5 Å². The van der Waals surface area contributed by atoms with E-state index < -0.39 is 58.8 Å². The highest BCUT2D eigenvalue weighted by atomic mass is 16.7. The van der Waals surface area contributed by atoms with Crippen molar-refractivity contribution in [1.82, 2.24) is 15.0 Å². The van der Waals surface area contributed by atoms with Gasteiger partial charge in [-0.05, 0) is 0 Å². The Labute approximate surface area is 147 Å². The summed E-state index contributed by atoms with van der Waals surface area (Å²) in [5.74, 6) is -13.5. The summed E-state index contributed by atoms with van der Waals surface area (Å²) in [5.41, 5.74) is 0. The van der Waals surface area contributed by atoms with Crippen molar-refractivity contribution in [2.75, 3.05) is 7.11 Å². The lowest BCUT2D eigenvalue weighted by Crippen LogP contribution is -2.54. The van der Waals surface area contributed by atoms with E-state index in [0.29, 0.717) is 7.11 Å². The van der Waals surface area contributed by atoms with Crippen LogP contribution in [0.2, 0.25) is 0 Å². The molecule has 0 fully saturated rings. The zero-order valence-electron chi connectivity index (χ0n) is 12.8. The molecule has 0 saturated carbocycles. The first-order chi connectivity index (χ1) is 12.8. The smallest absolute Gasteiger partial charge is 0.467 e.